The molecule has 1 saturated heterocycles. The van der Waals surface area contributed by atoms with E-state index in [1.54, 1.807) is 25.5 Å². The standard InChI is InChI=1S/C23H22Cl2FN3O3/c1-27-6-7-29(23(27)31)14-2-3-19(26)21(10-14)32-22-17-8-13(24)9-18(25)16(17)11-20(22)28-5-4-15(30)12-28/h2-3,6-10,15,20,22,30H,4-5,11-12H2,1H3/t15?,20-,22-/m0/s1. The molecule has 1 aromatic heterocycles. The van der Waals surface area contributed by atoms with Crippen LogP contribution in [-0.4, -0.2) is 44.4 Å². The summed E-state index contributed by atoms with van der Waals surface area (Å²) in [5.41, 5.74) is 2.00. The first-order valence-electron chi connectivity index (χ1n) is 10.4. The fraction of sp³-hybridized carbons (Fsp3) is 0.348. The van der Waals surface area contributed by atoms with E-state index in [9.17, 15) is 14.3 Å². The molecule has 2 aromatic carbocycles. The molecule has 1 aliphatic carbocycles. The SMILES string of the molecule is Cn1ccn(-c2ccc(F)c(O[C@H]3c4cc(Cl)cc(Cl)c4C[C@@H]3N3CCC(O)C3)c2)c1=O. The van der Waals surface area contributed by atoms with Crippen molar-refractivity contribution < 1.29 is 14.2 Å². The van der Waals surface area contributed by atoms with Crippen molar-refractivity contribution in [2.75, 3.05) is 13.1 Å². The van der Waals surface area contributed by atoms with E-state index in [-0.39, 0.29) is 17.5 Å². The highest BCUT2D eigenvalue weighted by molar-refractivity contribution is 6.35. The molecule has 9 heteroatoms. The Bertz CT molecular complexity index is 1240. The third-order valence-electron chi connectivity index (χ3n) is 6.32. The molecule has 1 N–H and O–H groups in total. The Kier molecular flexibility index (Phi) is 5.53. The van der Waals surface area contributed by atoms with Crippen LogP contribution in [0.2, 0.25) is 10.0 Å². The first-order valence-corrected chi connectivity index (χ1v) is 11.2. The van der Waals surface area contributed by atoms with E-state index in [2.05, 4.69) is 4.90 Å². The normalized spacial score (nSPS) is 23.0. The van der Waals surface area contributed by atoms with E-state index in [0.717, 1.165) is 11.1 Å². The van der Waals surface area contributed by atoms with E-state index in [1.807, 2.05) is 6.07 Å². The quantitative estimate of drug-likeness (QED) is 0.621. The zero-order valence-electron chi connectivity index (χ0n) is 17.3. The zero-order valence-corrected chi connectivity index (χ0v) is 18.9. The molecule has 0 saturated carbocycles. The van der Waals surface area contributed by atoms with Gasteiger partial charge in [-0.25, -0.2) is 9.18 Å². The van der Waals surface area contributed by atoms with Crippen LogP contribution in [-0.2, 0) is 13.5 Å². The minimum Gasteiger partial charge on any atom is -0.481 e. The second-order valence-electron chi connectivity index (χ2n) is 8.38. The third kappa shape index (κ3) is 3.73. The maximum atomic E-state index is 14.8. The van der Waals surface area contributed by atoms with Crippen molar-refractivity contribution in [2.45, 2.75) is 31.1 Å². The summed E-state index contributed by atoms with van der Waals surface area (Å²) >= 11 is 12.8. The highest BCUT2D eigenvalue weighted by Gasteiger charge is 2.42. The van der Waals surface area contributed by atoms with E-state index in [1.165, 1.54) is 27.3 Å². The molecule has 1 fully saturated rings. The van der Waals surface area contributed by atoms with Crippen molar-refractivity contribution in [3.8, 4) is 11.4 Å². The minimum absolute atomic E-state index is 0.0388. The van der Waals surface area contributed by atoms with Crippen LogP contribution < -0.4 is 10.4 Å². The van der Waals surface area contributed by atoms with Gasteiger partial charge in [-0.2, -0.15) is 0 Å². The lowest BCUT2D eigenvalue weighted by atomic mass is 10.1. The second-order valence-corrected chi connectivity index (χ2v) is 9.22. The van der Waals surface area contributed by atoms with E-state index in [0.29, 0.717) is 41.7 Å². The number of rotatable bonds is 4. The van der Waals surface area contributed by atoms with Gasteiger partial charge in [0, 0.05) is 54.2 Å². The molecule has 0 bridgehead atoms. The predicted molar refractivity (Wildman–Crippen MR) is 120 cm³/mol. The summed E-state index contributed by atoms with van der Waals surface area (Å²) in [5, 5.41) is 11.1. The van der Waals surface area contributed by atoms with Gasteiger partial charge in [0.1, 0.15) is 6.10 Å². The predicted octanol–water partition coefficient (Wildman–Crippen LogP) is 3.73. The summed E-state index contributed by atoms with van der Waals surface area (Å²) in [4.78, 5) is 14.5. The topological polar surface area (TPSA) is 59.6 Å². The number of halogens is 3. The molecular formula is C23H22Cl2FN3O3. The van der Waals surface area contributed by atoms with Crippen molar-refractivity contribution in [1.82, 2.24) is 14.0 Å². The first kappa shape index (κ1) is 21.5. The van der Waals surface area contributed by atoms with Crippen molar-refractivity contribution in [2.24, 2.45) is 7.05 Å². The van der Waals surface area contributed by atoms with Gasteiger partial charge < -0.3 is 14.4 Å². The van der Waals surface area contributed by atoms with Gasteiger partial charge in [-0.05, 0) is 42.7 Å². The number of aryl methyl sites for hydroxylation is 1. The van der Waals surface area contributed by atoms with Gasteiger partial charge in [0.05, 0.1) is 17.8 Å². The summed E-state index contributed by atoms with van der Waals surface area (Å²) in [6.45, 7) is 1.23. The number of hydrogen-bond donors (Lipinski definition) is 1. The van der Waals surface area contributed by atoms with Crippen molar-refractivity contribution in [1.29, 1.82) is 0 Å². The smallest absolute Gasteiger partial charge is 0.332 e. The van der Waals surface area contributed by atoms with Crippen LogP contribution in [0.15, 0.2) is 47.5 Å². The summed E-state index contributed by atoms with van der Waals surface area (Å²) in [6, 6.07) is 7.73. The van der Waals surface area contributed by atoms with E-state index in [4.69, 9.17) is 27.9 Å². The maximum absolute atomic E-state index is 14.8. The molecule has 3 atom stereocenters. The number of β-amino-alcohol motifs (C(OH)–C–C–N with tert-alkyl or cyclic N) is 1. The number of fused-ring (bicyclic) bond motifs is 1. The van der Waals surface area contributed by atoms with Gasteiger partial charge in [0.2, 0.25) is 0 Å². The Morgan fingerprint density at radius 1 is 1.19 bits per heavy atom. The molecule has 0 amide bonds. The Morgan fingerprint density at radius 3 is 2.69 bits per heavy atom. The lowest BCUT2D eigenvalue weighted by Gasteiger charge is -2.30. The fourth-order valence-corrected chi connectivity index (χ4v) is 5.26. The van der Waals surface area contributed by atoms with Crippen LogP contribution >= 0.6 is 23.2 Å². The van der Waals surface area contributed by atoms with Gasteiger partial charge >= 0.3 is 5.69 Å². The summed E-state index contributed by atoms with van der Waals surface area (Å²) in [5.74, 6) is -0.489. The zero-order chi connectivity index (χ0) is 22.6. The number of aromatic nitrogens is 2. The third-order valence-corrected chi connectivity index (χ3v) is 6.88. The second kappa shape index (κ2) is 8.23. The molecule has 6 nitrogen and oxygen atoms in total. The minimum atomic E-state index is -0.528. The number of aliphatic hydroxyl groups is 1. The number of ether oxygens (including phenoxy) is 1. The largest absolute Gasteiger partial charge is 0.481 e. The van der Waals surface area contributed by atoms with Gasteiger partial charge in [0.25, 0.3) is 0 Å². The molecule has 1 unspecified atom stereocenters. The molecule has 1 aliphatic heterocycles. The van der Waals surface area contributed by atoms with Crippen LogP contribution in [0, 0.1) is 5.82 Å². The van der Waals surface area contributed by atoms with Crippen LogP contribution in [0.25, 0.3) is 5.69 Å². The van der Waals surface area contributed by atoms with Gasteiger partial charge in [0.15, 0.2) is 11.6 Å². The summed E-state index contributed by atoms with van der Waals surface area (Å²) in [6.07, 6.45) is 3.63. The van der Waals surface area contributed by atoms with Gasteiger partial charge in [-0.15, -0.1) is 0 Å². The monoisotopic (exact) mass is 477 g/mol. The van der Waals surface area contributed by atoms with Crippen molar-refractivity contribution in [3.05, 3.63) is 80.2 Å². The van der Waals surface area contributed by atoms with Crippen LogP contribution in [0.1, 0.15) is 23.7 Å². The number of likely N-dealkylation sites (tertiary alicyclic amines) is 1. The van der Waals surface area contributed by atoms with Gasteiger partial charge in [-0.1, -0.05) is 23.2 Å². The van der Waals surface area contributed by atoms with E-state index >= 15 is 0 Å². The average Bonchev–Trinajstić information content (AvgIpc) is 3.42. The van der Waals surface area contributed by atoms with Crippen LogP contribution in [0.5, 0.6) is 5.75 Å². The molecule has 2 aliphatic rings. The molecule has 168 valence electrons. The molecule has 3 aromatic rings. The lowest BCUT2D eigenvalue weighted by Crippen LogP contribution is -2.39. The number of aliphatic hydroxyl groups excluding tert-OH is 1. The number of hydrogen-bond acceptors (Lipinski definition) is 4. The number of nitrogens with zero attached hydrogens (tertiary/aromatic N) is 3. The van der Waals surface area contributed by atoms with E-state index < -0.39 is 18.0 Å². The van der Waals surface area contributed by atoms with Gasteiger partial charge in [-0.3, -0.25) is 9.47 Å². The van der Waals surface area contributed by atoms with Crippen LogP contribution in [0.3, 0.4) is 0 Å². The Labute approximate surface area is 194 Å². The molecule has 32 heavy (non-hydrogen) atoms. The highest BCUT2D eigenvalue weighted by Crippen LogP contribution is 2.43. The van der Waals surface area contributed by atoms with Crippen molar-refractivity contribution >= 4 is 23.2 Å². The Balaban J connectivity index is 1.54. The first-order chi connectivity index (χ1) is 15.3. The molecule has 0 radical (unpaired) electrons. The molecule has 0 spiro atoms. The average molecular weight is 478 g/mol. The summed E-state index contributed by atoms with van der Waals surface area (Å²) in [7, 11) is 1.65. The molecular weight excluding hydrogens is 456 g/mol. The summed E-state index contributed by atoms with van der Waals surface area (Å²) < 4.78 is 24.0. The number of benzene rings is 2. The molecule has 5 rings (SSSR count). The maximum Gasteiger partial charge on any atom is 0.332 e. The van der Waals surface area contributed by atoms with Crippen LogP contribution in [0.4, 0.5) is 4.39 Å². The Morgan fingerprint density at radius 2 is 2.00 bits per heavy atom. The number of imidazole rings is 1. The Hall–Kier alpha value is -2.32. The lowest BCUT2D eigenvalue weighted by molar-refractivity contribution is 0.0790. The van der Waals surface area contributed by atoms with Crippen molar-refractivity contribution in [3.63, 3.8) is 0 Å². The fourth-order valence-electron chi connectivity index (χ4n) is 4.68. The molecule has 2 heterocycles. The highest BCUT2D eigenvalue weighted by atomic mass is 35.5.